The Labute approximate surface area is 137 Å². The van der Waals surface area contributed by atoms with Gasteiger partial charge in [0, 0.05) is 39.1 Å². The molecule has 0 aliphatic carbocycles. The molecule has 0 aliphatic heterocycles. The van der Waals surface area contributed by atoms with Gasteiger partial charge in [-0.05, 0) is 38.0 Å². The molecule has 2 rings (SSSR count). The number of amides is 1. The standard InChI is InChI=1S/C17H23N5O/c1-4-22(5-2)17(23)15-12-20-16(13-19-15)21(3)11-8-14-6-9-18-10-7-14/h6-7,9-10,12-13H,4-5,8,11H2,1-3H3. The minimum Gasteiger partial charge on any atom is -0.358 e. The normalized spacial score (nSPS) is 10.4. The van der Waals surface area contributed by atoms with Crippen LogP contribution in [0.15, 0.2) is 36.9 Å². The SMILES string of the molecule is CCN(CC)C(=O)c1cnc(N(C)CCc2ccncc2)cn1. The van der Waals surface area contributed by atoms with Gasteiger partial charge in [-0.1, -0.05) is 0 Å². The molecule has 1 amide bonds. The van der Waals surface area contributed by atoms with Gasteiger partial charge < -0.3 is 9.80 Å². The molecule has 6 heteroatoms. The fourth-order valence-corrected chi connectivity index (χ4v) is 2.26. The Morgan fingerprint density at radius 3 is 2.35 bits per heavy atom. The van der Waals surface area contributed by atoms with E-state index in [1.165, 1.54) is 5.56 Å². The number of carbonyl (C=O) groups is 1. The summed E-state index contributed by atoms with van der Waals surface area (Å²) in [5.74, 6) is 0.684. The van der Waals surface area contributed by atoms with E-state index in [2.05, 4.69) is 15.0 Å². The molecule has 0 saturated carbocycles. The van der Waals surface area contributed by atoms with Crippen molar-refractivity contribution in [3.05, 3.63) is 48.2 Å². The fourth-order valence-electron chi connectivity index (χ4n) is 2.26. The summed E-state index contributed by atoms with van der Waals surface area (Å²) in [4.78, 5) is 28.6. The van der Waals surface area contributed by atoms with Crippen LogP contribution in [0.2, 0.25) is 0 Å². The van der Waals surface area contributed by atoms with E-state index in [9.17, 15) is 4.79 Å². The predicted molar refractivity (Wildman–Crippen MR) is 90.5 cm³/mol. The topological polar surface area (TPSA) is 62.2 Å². The van der Waals surface area contributed by atoms with E-state index in [1.54, 1.807) is 29.7 Å². The molecule has 23 heavy (non-hydrogen) atoms. The third-order valence-corrected chi connectivity index (χ3v) is 3.78. The van der Waals surface area contributed by atoms with Crippen molar-refractivity contribution in [3.63, 3.8) is 0 Å². The van der Waals surface area contributed by atoms with Crippen molar-refractivity contribution in [1.82, 2.24) is 19.9 Å². The lowest BCUT2D eigenvalue weighted by molar-refractivity contribution is 0.0766. The maximum Gasteiger partial charge on any atom is 0.274 e. The van der Waals surface area contributed by atoms with Crippen molar-refractivity contribution in [3.8, 4) is 0 Å². The maximum atomic E-state index is 12.2. The zero-order valence-electron chi connectivity index (χ0n) is 13.9. The van der Waals surface area contributed by atoms with Gasteiger partial charge in [-0.2, -0.15) is 0 Å². The van der Waals surface area contributed by atoms with Crippen molar-refractivity contribution < 1.29 is 4.79 Å². The maximum absolute atomic E-state index is 12.2. The summed E-state index contributed by atoms with van der Waals surface area (Å²) in [7, 11) is 1.97. The highest BCUT2D eigenvalue weighted by Gasteiger charge is 2.14. The Hall–Kier alpha value is -2.50. The van der Waals surface area contributed by atoms with Crippen LogP contribution in [0.3, 0.4) is 0 Å². The third kappa shape index (κ3) is 4.48. The third-order valence-electron chi connectivity index (χ3n) is 3.78. The van der Waals surface area contributed by atoms with Gasteiger partial charge in [0.05, 0.1) is 12.4 Å². The highest BCUT2D eigenvalue weighted by molar-refractivity contribution is 5.92. The lowest BCUT2D eigenvalue weighted by atomic mass is 10.2. The molecule has 0 saturated heterocycles. The van der Waals surface area contributed by atoms with Crippen molar-refractivity contribution in [2.45, 2.75) is 20.3 Å². The molecule has 2 aromatic rings. The van der Waals surface area contributed by atoms with Gasteiger partial charge >= 0.3 is 0 Å². The molecule has 122 valence electrons. The van der Waals surface area contributed by atoms with Crippen molar-refractivity contribution in [1.29, 1.82) is 0 Å². The van der Waals surface area contributed by atoms with E-state index in [0.717, 1.165) is 18.8 Å². The van der Waals surface area contributed by atoms with Crippen LogP contribution in [0.4, 0.5) is 5.82 Å². The Kier molecular flexibility index (Phi) is 6.02. The molecular weight excluding hydrogens is 290 g/mol. The van der Waals surface area contributed by atoms with Crippen LogP contribution in [-0.2, 0) is 6.42 Å². The second-order valence-corrected chi connectivity index (χ2v) is 5.26. The van der Waals surface area contributed by atoms with Crippen LogP contribution in [0, 0.1) is 0 Å². The quantitative estimate of drug-likeness (QED) is 0.783. The van der Waals surface area contributed by atoms with Crippen molar-refractivity contribution in [2.24, 2.45) is 0 Å². The van der Waals surface area contributed by atoms with Gasteiger partial charge in [-0.15, -0.1) is 0 Å². The molecule has 0 radical (unpaired) electrons. The smallest absolute Gasteiger partial charge is 0.274 e. The van der Waals surface area contributed by atoms with Crippen molar-refractivity contribution >= 4 is 11.7 Å². The molecular formula is C17H23N5O. The van der Waals surface area contributed by atoms with E-state index in [4.69, 9.17) is 0 Å². The Morgan fingerprint density at radius 1 is 1.09 bits per heavy atom. The molecule has 0 aliphatic rings. The average Bonchev–Trinajstić information content (AvgIpc) is 2.61. The number of hydrogen-bond acceptors (Lipinski definition) is 5. The van der Waals surface area contributed by atoms with Gasteiger partial charge in [0.1, 0.15) is 11.5 Å². The lowest BCUT2D eigenvalue weighted by Crippen LogP contribution is -2.31. The number of likely N-dealkylation sites (N-methyl/N-ethyl adjacent to an activating group) is 1. The number of hydrogen-bond donors (Lipinski definition) is 0. The molecule has 6 nitrogen and oxygen atoms in total. The summed E-state index contributed by atoms with van der Waals surface area (Å²) in [6.45, 7) is 6.07. The molecule has 0 atom stereocenters. The summed E-state index contributed by atoms with van der Waals surface area (Å²) >= 11 is 0. The van der Waals surface area contributed by atoms with Gasteiger partial charge in [0.2, 0.25) is 0 Å². The van der Waals surface area contributed by atoms with Crippen LogP contribution < -0.4 is 4.90 Å². The van der Waals surface area contributed by atoms with Crippen LogP contribution in [0.1, 0.15) is 29.9 Å². The zero-order valence-corrected chi connectivity index (χ0v) is 13.9. The largest absolute Gasteiger partial charge is 0.358 e. The molecule has 0 fully saturated rings. The van der Waals surface area contributed by atoms with E-state index in [1.807, 2.05) is 37.9 Å². The highest BCUT2D eigenvalue weighted by Crippen LogP contribution is 2.09. The van der Waals surface area contributed by atoms with Gasteiger partial charge in [-0.25, -0.2) is 9.97 Å². The average molecular weight is 313 g/mol. The van der Waals surface area contributed by atoms with Crippen LogP contribution in [-0.4, -0.2) is 52.4 Å². The Bertz CT molecular complexity index is 611. The molecule has 2 heterocycles. The number of anilines is 1. The van der Waals surface area contributed by atoms with Crippen LogP contribution in [0.5, 0.6) is 0 Å². The second-order valence-electron chi connectivity index (χ2n) is 5.26. The predicted octanol–water partition coefficient (Wildman–Crippen LogP) is 2.03. The molecule has 0 N–H and O–H groups in total. The molecule has 0 aromatic carbocycles. The fraction of sp³-hybridized carbons (Fsp3) is 0.412. The number of aromatic nitrogens is 3. The lowest BCUT2D eigenvalue weighted by Gasteiger charge is -2.20. The summed E-state index contributed by atoms with van der Waals surface area (Å²) in [6.07, 6.45) is 7.70. The first-order valence-electron chi connectivity index (χ1n) is 7.87. The van der Waals surface area contributed by atoms with Crippen LogP contribution >= 0.6 is 0 Å². The monoisotopic (exact) mass is 313 g/mol. The number of carbonyl (C=O) groups excluding carboxylic acids is 1. The van der Waals surface area contributed by atoms with E-state index >= 15 is 0 Å². The summed E-state index contributed by atoms with van der Waals surface area (Å²) < 4.78 is 0. The van der Waals surface area contributed by atoms with Crippen molar-refractivity contribution in [2.75, 3.05) is 31.6 Å². The van der Waals surface area contributed by atoms with Crippen LogP contribution in [0.25, 0.3) is 0 Å². The number of nitrogens with zero attached hydrogens (tertiary/aromatic N) is 5. The van der Waals surface area contributed by atoms with E-state index in [-0.39, 0.29) is 5.91 Å². The number of pyridine rings is 1. The van der Waals surface area contributed by atoms with Gasteiger partial charge in [-0.3, -0.25) is 9.78 Å². The van der Waals surface area contributed by atoms with Gasteiger partial charge in [0.15, 0.2) is 0 Å². The number of rotatable bonds is 7. The van der Waals surface area contributed by atoms with E-state index in [0.29, 0.717) is 18.8 Å². The zero-order chi connectivity index (χ0) is 16.7. The molecule has 2 aromatic heterocycles. The van der Waals surface area contributed by atoms with Gasteiger partial charge in [0.25, 0.3) is 5.91 Å². The first-order valence-corrected chi connectivity index (χ1v) is 7.87. The Balaban J connectivity index is 1.97. The van der Waals surface area contributed by atoms with E-state index < -0.39 is 0 Å². The highest BCUT2D eigenvalue weighted by atomic mass is 16.2. The molecule has 0 bridgehead atoms. The summed E-state index contributed by atoms with van der Waals surface area (Å²) in [5, 5.41) is 0. The summed E-state index contributed by atoms with van der Waals surface area (Å²) in [5.41, 5.74) is 1.62. The first-order chi connectivity index (χ1) is 11.2. The first kappa shape index (κ1) is 16.9. The second kappa shape index (κ2) is 8.22. The molecule has 0 spiro atoms. The Morgan fingerprint density at radius 2 is 1.78 bits per heavy atom. The molecule has 0 unspecified atom stereocenters. The minimum absolute atomic E-state index is 0.0755. The summed E-state index contributed by atoms with van der Waals surface area (Å²) in [6, 6.07) is 4.01. The minimum atomic E-state index is -0.0755.